The summed E-state index contributed by atoms with van der Waals surface area (Å²) in [7, 11) is -3.57. The van der Waals surface area contributed by atoms with Gasteiger partial charge < -0.3 is 10.2 Å². The van der Waals surface area contributed by atoms with Gasteiger partial charge in [0.05, 0.1) is 4.90 Å². The van der Waals surface area contributed by atoms with Crippen LogP contribution in [0.4, 0.5) is 5.69 Å². The topological polar surface area (TPSA) is 69.7 Å². The Bertz CT molecular complexity index is 742. The Kier molecular flexibility index (Phi) is 5.46. The second-order valence-electron chi connectivity index (χ2n) is 6.81. The molecule has 0 aromatic heterocycles. The Labute approximate surface area is 150 Å². The third kappa shape index (κ3) is 3.59. The molecule has 0 spiro atoms. The van der Waals surface area contributed by atoms with Gasteiger partial charge in [0.15, 0.2) is 0 Å². The largest absolute Gasteiger partial charge is 0.317 e. The molecule has 0 bridgehead atoms. The summed E-state index contributed by atoms with van der Waals surface area (Å²) in [6, 6.07) is 5.28. The van der Waals surface area contributed by atoms with Crippen molar-refractivity contribution in [3.63, 3.8) is 0 Å². The maximum absolute atomic E-state index is 13.3. The lowest BCUT2D eigenvalue weighted by Crippen LogP contribution is -2.46. The highest BCUT2D eigenvalue weighted by atomic mass is 32.2. The predicted octanol–water partition coefficient (Wildman–Crippen LogP) is 1.75. The molecular weight excluding hydrogens is 338 g/mol. The Morgan fingerprint density at radius 3 is 2.68 bits per heavy atom. The number of amides is 1. The van der Waals surface area contributed by atoms with E-state index in [4.69, 9.17) is 0 Å². The molecule has 1 fully saturated rings. The first-order chi connectivity index (χ1) is 11.9. The van der Waals surface area contributed by atoms with E-state index >= 15 is 0 Å². The van der Waals surface area contributed by atoms with Crippen molar-refractivity contribution in [2.45, 2.75) is 50.5 Å². The number of benzene rings is 1. The summed E-state index contributed by atoms with van der Waals surface area (Å²) in [5.41, 5.74) is 1.79. The summed E-state index contributed by atoms with van der Waals surface area (Å²) in [5, 5.41) is 3.29. The van der Waals surface area contributed by atoms with E-state index < -0.39 is 10.0 Å². The first-order valence-electron chi connectivity index (χ1n) is 9.08. The van der Waals surface area contributed by atoms with E-state index in [0.717, 1.165) is 50.0 Å². The average molecular weight is 365 g/mol. The van der Waals surface area contributed by atoms with Crippen LogP contribution in [-0.4, -0.2) is 50.9 Å². The number of fused-ring (bicyclic) bond motifs is 1. The number of sulfonamides is 1. The molecule has 2 aliphatic heterocycles. The fourth-order valence-corrected chi connectivity index (χ4v) is 5.59. The molecule has 1 saturated heterocycles. The molecule has 1 N–H and O–H groups in total. The first-order valence-corrected chi connectivity index (χ1v) is 10.5. The Hall–Kier alpha value is -1.44. The molecule has 25 heavy (non-hydrogen) atoms. The van der Waals surface area contributed by atoms with E-state index in [-0.39, 0.29) is 11.9 Å². The summed E-state index contributed by atoms with van der Waals surface area (Å²) in [5.74, 6) is -0.0444. The maximum Gasteiger partial charge on any atom is 0.243 e. The smallest absolute Gasteiger partial charge is 0.243 e. The van der Waals surface area contributed by atoms with Crippen LogP contribution in [0.5, 0.6) is 0 Å². The summed E-state index contributed by atoms with van der Waals surface area (Å²) in [6.45, 7) is 6.38. The van der Waals surface area contributed by atoms with Crippen molar-refractivity contribution < 1.29 is 13.2 Å². The third-order valence-electron chi connectivity index (χ3n) is 5.10. The van der Waals surface area contributed by atoms with Gasteiger partial charge in [-0.15, -0.1) is 0 Å². The number of rotatable bonds is 5. The summed E-state index contributed by atoms with van der Waals surface area (Å²) >= 11 is 0. The molecule has 1 aromatic rings. The van der Waals surface area contributed by atoms with Gasteiger partial charge in [0.1, 0.15) is 0 Å². The summed E-state index contributed by atoms with van der Waals surface area (Å²) in [4.78, 5) is 13.8. The van der Waals surface area contributed by atoms with Gasteiger partial charge in [0, 0.05) is 31.7 Å². The fraction of sp³-hybridized carbons (Fsp3) is 0.611. The third-order valence-corrected chi connectivity index (χ3v) is 7.05. The molecule has 2 heterocycles. The average Bonchev–Trinajstić information content (AvgIpc) is 3.03. The Morgan fingerprint density at radius 1 is 1.32 bits per heavy atom. The molecule has 3 rings (SSSR count). The SMILES string of the molecule is CCCN(C1CCNCC1)S(=O)(=O)c1ccc2c(c1)N(C(C)=O)CC2. The molecule has 0 saturated carbocycles. The lowest BCUT2D eigenvalue weighted by Gasteiger charge is -2.33. The van der Waals surface area contributed by atoms with Gasteiger partial charge in [-0.05, 0) is 56.5 Å². The van der Waals surface area contributed by atoms with Crippen molar-refractivity contribution in [3.05, 3.63) is 23.8 Å². The van der Waals surface area contributed by atoms with E-state index in [1.807, 2.05) is 13.0 Å². The van der Waals surface area contributed by atoms with Crippen molar-refractivity contribution in [1.29, 1.82) is 0 Å². The highest BCUT2D eigenvalue weighted by Crippen LogP contribution is 2.32. The van der Waals surface area contributed by atoms with E-state index in [1.165, 1.54) is 6.92 Å². The van der Waals surface area contributed by atoms with Crippen molar-refractivity contribution in [2.75, 3.05) is 31.1 Å². The van der Waals surface area contributed by atoms with Crippen molar-refractivity contribution in [2.24, 2.45) is 0 Å². The quantitative estimate of drug-likeness (QED) is 0.863. The minimum atomic E-state index is -3.57. The van der Waals surface area contributed by atoms with Crippen LogP contribution >= 0.6 is 0 Å². The zero-order chi connectivity index (χ0) is 18.0. The van der Waals surface area contributed by atoms with E-state index in [9.17, 15) is 13.2 Å². The van der Waals surface area contributed by atoms with Crippen molar-refractivity contribution in [3.8, 4) is 0 Å². The van der Waals surface area contributed by atoms with E-state index in [1.54, 1.807) is 21.3 Å². The van der Waals surface area contributed by atoms with Crippen LogP contribution < -0.4 is 10.2 Å². The molecule has 6 nitrogen and oxygen atoms in total. The van der Waals surface area contributed by atoms with Crippen LogP contribution in [-0.2, 0) is 21.2 Å². The van der Waals surface area contributed by atoms with Gasteiger partial charge in [-0.1, -0.05) is 13.0 Å². The second kappa shape index (κ2) is 7.43. The van der Waals surface area contributed by atoms with Crippen LogP contribution in [0.1, 0.15) is 38.7 Å². The van der Waals surface area contributed by atoms with Gasteiger partial charge >= 0.3 is 0 Å². The second-order valence-corrected chi connectivity index (χ2v) is 8.70. The molecule has 0 aliphatic carbocycles. The molecule has 0 radical (unpaired) electrons. The number of anilines is 1. The molecule has 138 valence electrons. The minimum absolute atomic E-state index is 0.0444. The number of piperidine rings is 1. The molecule has 7 heteroatoms. The minimum Gasteiger partial charge on any atom is -0.317 e. The van der Waals surface area contributed by atoms with Gasteiger partial charge in [0.2, 0.25) is 15.9 Å². The molecule has 2 aliphatic rings. The van der Waals surface area contributed by atoms with E-state index in [0.29, 0.717) is 18.0 Å². The molecule has 0 atom stereocenters. The van der Waals surface area contributed by atoms with Crippen LogP contribution in [0.3, 0.4) is 0 Å². The summed E-state index contributed by atoms with van der Waals surface area (Å²) < 4.78 is 28.3. The lowest BCUT2D eigenvalue weighted by atomic mass is 10.1. The Morgan fingerprint density at radius 2 is 2.04 bits per heavy atom. The van der Waals surface area contributed by atoms with Gasteiger partial charge in [-0.3, -0.25) is 4.79 Å². The molecular formula is C18H27N3O3S. The van der Waals surface area contributed by atoms with Crippen LogP contribution in [0.25, 0.3) is 0 Å². The maximum atomic E-state index is 13.3. The highest BCUT2D eigenvalue weighted by molar-refractivity contribution is 7.89. The zero-order valence-electron chi connectivity index (χ0n) is 15.0. The summed E-state index contributed by atoms with van der Waals surface area (Å²) in [6.07, 6.45) is 3.24. The standard InChI is InChI=1S/C18H27N3O3S/c1-3-11-21(16-6-9-19-10-7-16)25(23,24)17-5-4-15-8-12-20(14(2)22)18(15)13-17/h4-5,13,16,19H,3,6-12H2,1-2H3. The van der Waals surface area contributed by atoms with Crippen LogP contribution in [0, 0.1) is 0 Å². The van der Waals surface area contributed by atoms with Gasteiger partial charge in [0.25, 0.3) is 0 Å². The first kappa shape index (κ1) is 18.4. The monoisotopic (exact) mass is 365 g/mol. The number of carbonyl (C=O) groups excluding carboxylic acids is 1. The highest BCUT2D eigenvalue weighted by Gasteiger charge is 2.33. The number of hydrogen-bond donors (Lipinski definition) is 1. The molecule has 1 amide bonds. The van der Waals surface area contributed by atoms with Crippen LogP contribution in [0.2, 0.25) is 0 Å². The van der Waals surface area contributed by atoms with Crippen molar-refractivity contribution in [1.82, 2.24) is 9.62 Å². The van der Waals surface area contributed by atoms with E-state index in [2.05, 4.69) is 5.32 Å². The number of nitrogens with zero attached hydrogens (tertiary/aromatic N) is 2. The van der Waals surface area contributed by atoms with Crippen LogP contribution in [0.15, 0.2) is 23.1 Å². The normalized spacial score (nSPS) is 18.6. The van der Waals surface area contributed by atoms with Crippen molar-refractivity contribution >= 4 is 21.6 Å². The molecule has 1 aromatic carbocycles. The lowest BCUT2D eigenvalue weighted by molar-refractivity contribution is -0.116. The zero-order valence-corrected chi connectivity index (χ0v) is 15.8. The fourth-order valence-electron chi connectivity index (χ4n) is 3.80. The Balaban J connectivity index is 1.95. The number of hydrogen-bond acceptors (Lipinski definition) is 4. The number of carbonyl (C=O) groups is 1. The van der Waals surface area contributed by atoms with Gasteiger partial charge in [-0.2, -0.15) is 4.31 Å². The predicted molar refractivity (Wildman–Crippen MR) is 98.2 cm³/mol. The molecule has 0 unspecified atom stereocenters. The van der Waals surface area contributed by atoms with Gasteiger partial charge in [-0.25, -0.2) is 8.42 Å². The number of nitrogens with one attached hydrogen (secondary N) is 1.